The zero-order chi connectivity index (χ0) is 32.8. The van der Waals surface area contributed by atoms with E-state index in [1.54, 1.807) is 0 Å². The van der Waals surface area contributed by atoms with E-state index in [4.69, 9.17) is 9.97 Å². The standard InChI is InChI=1S/C45H26N4S/c1-2-10-27(11-3-1)43-35-15-6-8-16-38(35)47-45(48-43)49-39-22-23-46-26-37(39)31-20-18-28(25-40(31)49)36-24-29-19-21-34-32-13-7-9-17-41(32)50-44(34)42(29)33-14-5-4-12-30(33)36/h1-26H. The molecule has 0 aliphatic carbocycles. The van der Waals surface area contributed by atoms with Crippen LogP contribution < -0.4 is 0 Å². The first-order valence-corrected chi connectivity index (χ1v) is 17.6. The first kappa shape index (κ1) is 27.5. The first-order chi connectivity index (χ1) is 24.8. The number of thiophene rings is 1. The molecule has 4 aromatic heterocycles. The number of hydrogen-bond acceptors (Lipinski definition) is 4. The Morgan fingerprint density at radius 3 is 2.16 bits per heavy atom. The van der Waals surface area contributed by atoms with Crippen LogP contribution in [0.15, 0.2) is 158 Å². The van der Waals surface area contributed by atoms with Gasteiger partial charge in [0.1, 0.15) is 0 Å². The fourth-order valence-corrected chi connectivity index (χ4v) is 9.11. The second-order valence-corrected chi connectivity index (χ2v) is 13.9. The van der Waals surface area contributed by atoms with Crippen LogP contribution in [0.5, 0.6) is 0 Å². The van der Waals surface area contributed by atoms with Crippen molar-refractivity contribution in [3.05, 3.63) is 158 Å². The maximum atomic E-state index is 5.29. The lowest BCUT2D eigenvalue weighted by molar-refractivity contribution is 1.01. The number of rotatable bonds is 3. The Balaban J connectivity index is 1.20. The summed E-state index contributed by atoms with van der Waals surface area (Å²) in [6.45, 7) is 0. The van der Waals surface area contributed by atoms with Crippen LogP contribution in [0, 0.1) is 0 Å². The van der Waals surface area contributed by atoms with Gasteiger partial charge in [-0.2, -0.15) is 0 Å². The Morgan fingerprint density at radius 1 is 0.500 bits per heavy atom. The Hall–Kier alpha value is -6.43. The number of aromatic nitrogens is 4. The molecule has 4 nitrogen and oxygen atoms in total. The summed E-state index contributed by atoms with van der Waals surface area (Å²) in [6, 6.07) is 52.1. The first-order valence-electron chi connectivity index (χ1n) is 16.8. The highest BCUT2D eigenvalue weighted by Crippen LogP contribution is 2.44. The predicted molar refractivity (Wildman–Crippen MR) is 210 cm³/mol. The Morgan fingerprint density at radius 2 is 1.26 bits per heavy atom. The molecule has 0 aliphatic heterocycles. The molecule has 0 atom stereocenters. The highest BCUT2D eigenvalue weighted by molar-refractivity contribution is 7.26. The lowest BCUT2D eigenvalue weighted by atomic mass is 9.92. The van der Waals surface area contributed by atoms with Crippen molar-refractivity contribution in [2.24, 2.45) is 0 Å². The van der Waals surface area contributed by atoms with E-state index in [-0.39, 0.29) is 0 Å². The maximum Gasteiger partial charge on any atom is 0.235 e. The summed E-state index contributed by atoms with van der Waals surface area (Å²) in [5.41, 5.74) is 7.30. The smallest absolute Gasteiger partial charge is 0.235 e. The topological polar surface area (TPSA) is 43.6 Å². The van der Waals surface area contributed by atoms with Crippen molar-refractivity contribution in [1.82, 2.24) is 19.5 Å². The third kappa shape index (κ3) is 3.95. The largest absolute Gasteiger partial charge is 0.278 e. The highest BCUT2D eigenvalue weighted by atomic mass is 32.1. The molecule has 4 heterocycles. The monoisotopic (exact) mass is 654 g/mol. The van der Waals surface area contributed by atoms with Gasteiger partial charge < -0.3 is 0 Å². The summed E-state index contributed by atoms with van der Waals surface area (Å²) in [5.74, 6) is 0.640. The normalized spacial score (nSPS) is 12.0. The van der Waals surface area contributed by atoms with Gasteiger partial charge in [0.2, 0.25) is 5.95 Å². The molecule has 0 unspecified atom stereocenters. The van der Waals surface area contributed by atoms with Gasteiger partial charge in [-0.15, -0.1) is 11.3 Å². The minimum Gasteiger partial charge on any atom is -0.278 e. The molecule has 5 heteroatoms. The molecule has 0 amide bonds. The summed E-state index contributed by atoms with van der Waals surface area (Å²) in [7, 11) is 0. The fourth-order valence-electron chi connectivity index (χ4n) is 7.84. The number of fused-ring (bicyclic) bond motifs is 11. The van der Waals surface area contributed by atoms with Crippen molar-refractivity contribution < 1.29 is 0 Å². The Labute approximate surface area is 290 Å². The van der Waals surface area contributed by atoms with E-state index in [0.717, 1.165) is 49.5 Å². The van der Waals surface area contributed by atoms with Gasteiger partial charge in [0.25, 0.3) is 0 Å². The van der Waals surface area contributed by atoms with Crippen LogP contribution in [0.3, 0.4) is 0 Å². The number of nitrogens with zero attached hydrogens (tertiary/aromatic N) is 4. The van der Waals surface area contributed by atoms with E-state index in [1.807, 2.05) is 35.9 Å². The molecule has 0 saturated heterocycles. The molecule has 0 fully saturated rings. The average molecular weight is 655 g/mol. The zero-order valence-corrected chi connectivity index (χ0v) is 27.5. The molecule has 11 rings (SSSR count). The molecule has 50 heavy (non-hydrogen) atoms. The van der Waals surface area contributed by atoms with E-state index in [1.165, 1.54) is 47.3 Å². The van der Waals surface area contributed by atoms with Crippen molar-refractivity contribution in [3.8, 4) is 28.3 Å². The van der Waals surface area contributed by atoms with Gasteiger partial charge in [0, 0.05) is 59.7 Å². The van der Waals surface area contributed by atoms with Crippen LogP contribution >= 0.6 is 11.3 Å². The van der Waals surface area contributed by atoms with Crippen LogP contribution in [0.25, 0.3) is 103 Å². The van der Waals surface area contributed by atoms with Gasteiger partial charge in [-0.1, -0.05) is 115 Å². The van der Waals surface area contributed by atoms with Gasteiger partial charge in [0.05, 0.1) is 22.2 Å². The summed E-state index contributed by atoms with van der Waals surface area (Å²) in [4.78, 5) is 15.0. The molecule has 7 aromatic carbocycles. The molecule has 0 aliphatic rings. The molecule has 0 saturated carbocycles. The minimum absolute atomic E-state index is 0.640. The van der Waals surface area contributed by atoms with Crippen molar-refractivity contribution in [2.45, 2.75) is 0 Å². The van der Waals surface area contributed by atoms with Crippen LogP contribution in [-0.2, 0) is 0 Å². The van der Waals surface area contributed by atoms with Crippen LogP contribution in [0.2, 0.25) is 0 Å². The number of hydrogen-bond donors (Lipinski definition) is 0. The lowest BCUT2D eigenvalue weighted by Gasteiger charge is -2.14. The number of pyridine rings is 1. The van der Waals surface area contributed by atoms with Crippen molar-refractivity contribution in [3.63, 3.8) is 0 Å². The van der Waals surface area contributed by atoms with E-state index >= 15 is 0 Å². The van der Waals surface area contributed by atoms with Crippen molar-refractivity contribution >= 4 is 85.8 Å². The van der Waals surface area contributed by atoms with Crippen LogP contribution in [0.1, 0.15) is 0 Å². The molecule has 0 radical (unpaired) electrons. The second kappa shape index (κ2) is 10.5. The van der Waals surface area contributed by atoms with Gasteiger partial charge in [-0.25, -0.2) is 9.97 Å². The van der Waals surface area contributed by atoms with Gasteiger partial charge in [-0.3, -0.25) is 9.55 Å². The third-order valence-electron chi connectivity index (χ3n) is 10.1. The summed E-state index contributed by atoms with van der Waals surface area (Å²) in [6.07, 6.45) is 3.80. The van der Waals surface area contributed by atoms with Gasteiger partial charge >= 0.3 is 0 Å². The maximum absolute atomic E-state index is 5.29. The van der Waals surface area contributed by atoms with Gasteiger partial charge in [0.15, 0.2) is 0 Å². The number of para-hydroxylation sites is 1. The number of benzene rings is 7. The molecular weight excluding hydrogens is 629 g/mol. The van der Waals surface area contributed by atoms with Crippen LogP contribution in [0.4, 0.5) is 0 Å². The lowest BCUT2D eigenvalue weighted by Crippen LogP contribution is -2.03. The summed E-state index contributed by atoms with van der Waals surface area (Å²) >= 11 is 1.89. The average Bonchev–Trinajstić information content (AvgIpc) is 3.73. The molecule has 0 spiro atoms. The quantitative estimate of drug-likeness (QED) is 0.178. The van der Waals surface area contributed by atoms with Crippen LogP contribution in [-0.4, -0.2) is 19.5 Å². The SMILES string of the molecule is c1ccc(-c2nc(-n3c4ccncc4c4ccc(-c5cc6ccc7c8ccccc8sc7c6c6ccccc56)cc43)nc3ccccc23)cc1. The molecular formula is C45H26N4S. The molecule has 0 bridgehead atoms. The van der Waals surface area contributed by atoms with Gasteiger partial charge in [-0.05, 0) is 57.6 Å². The Kier molecular flexibility index (Phi) is 5.80. The second-order valence-electron chi connectivity index (χ2n) is 12.8. The summed E-state index contributed by atoms with van der Waals surface area (Å²) < 4.78 is 4.87. The fraction of sp³-hybridized carbons (Fsp3) is 0. The third-order valence-corrected chi connectivity index (χ3v) is 11.3. The minimum atomic E-state index is 0.640. The molecule has 0 N–H and O–H groups in total. The highest BCUT2D eigenvalue weighted by Gasteiger charge is 2.19. The molecule has 11 aromatic rings. The zero-order valence-electron chi connectivity index (χ0n) is 26.7. The van der Waals surface area contributed by atoms with Crippen molar-refractivity contribution in [2.75, 3.05) is 0 Å². The van der Waals surface area contributed by atoms with E-state index in [0.29, 0.717) is 5.95 Å². The van der Waals surface area contributed by atoms with E-state index in [9.17, 15) is 0 Å². The Bertz CT molecular complexity index is 3160. The van der Waals surface area contributed by atoms with E-state index < -0.39 is 0 Å². The predicted octanol–water partition coefficient (Wildman–Crippen LogP) is 12.1. The molecule has 232 valence electrons. The van der Waals surface area contributed by atoms with Crippen molar-refractivity contribution in [1.29, 1.82) is 0 Å². The summed E-state index contributed by atoms with van der Waals surface area (Å²) in [5, 5.41) is 10.9. The van der Waals surface area contributed by atoms with E-state index in [2.05, 4.69) is 143 Å².